The maximum absolute atomic E-state index is 12.7. The number of anilines is 1. The lowest BCUT2D eigenvalue weighted by Crippen LogP contribution is -2.26. The molecule has 2 aromatic rings. The standard InChI is InChI=1S/C19H17NO3S/c1-10-5-6-24-19(10)17-11-7-15-16(23-9-22-15)8-13(11)20-12-3-2-4-14(21)18(12)17/h5-8,17,20H,2-4,9H2,1H3/t17-/m0/s1. The second-order valence-corrected chi connectivity index (χ2v) is 7.44. The van der Waals surface area contributed by atoms with E-state index in [0.717, 1.165) is 46.9 Å². The van der Waals surface area contributed by atoms with Gasteiger partial charge in [0.05, 0.1) is 5.92 Å². The zero-order chi connectivity index (χ0) is 16.3. The van der Waals surface area contributed by atoms with Crippen LogP contribution >= 0.6 is 11.3 Å². The van der Waals surface area contributed by atoms with Gasteiger partial charge in [-0.05, 0) is 48.4 Å². The number of allylic oxidation sites excluding steroid dienone is 2. The zero-order valence-electron chi connectivity index (χ0n) is 13.3. The Labute approximate surface area is 144 Å². The summed E-state index contributed by atoms with van der Waals surface area (Å²) in [7, 11) is 0. The van der Waals surface area contributed by atoms with Crippen molar-refractivity contribution in [3.05, 3.63) is 50.9 Å². The number of benzene rings is 1. The molecule has 0 radical (unpaired) electrons. The van der Waals surface area contributed by atoms with Crippen molar-refractivity contribution in [2.45, 2.75) is 32.1 Å². The molecule has 0 saturated carbocycles. The van der Waals surface area contributed by atoms with Crippen LogP contribution in [0.4, 0.5) is 5.69 Å². The summed E-state index contributed by atoms with van der Waals surface area (Å²) in [5.41, 5.74) is 5.40. The van der Waals surface area contributed by atoms with E-state index in [9.17, 15) is 4.79 Å². The van der Waals surface area contributed by atoms with Crippen LogP contribution in [-0.4, -0.2) is 12.6 Å². The van der Waals surface area contributed by atoms with Gasteiger partial charge in [-0.2, -0.15) is 0 Å². The number of ketones is 1. The molecule has 0 bridgehead atoms. The Morgan fingerprint density at radius 1 is 1.21 bits per heavy atom. The third kappa shape index (κ3) is 1.94. The van der Waals surface area contributed by atoms with Gasteiger partial charge in [-0.3, -0.25) is 4.79 Å². The summed E-state index contributed by atoms with van der Waals surface area (Å²) in [6, 6.07) is 6.18. The lowest BCUT2D eigenvalue weighted by Gasteiger charge is -2.33. The van der Waals surface area contributed by atoms with E-state index in [-0.39, 0.29) is 18.5 Å². The second kappa shape index (κ2) is 5.11. The van der Waals surface area contributed by atoms with Crippen molar-refractivity contribution in [1.29, 1.82) is 0 Å². The molecule has 5 heteroatoms. The predicted molar refractivity (Wildman–Crippen MR) is 93.0 cm³/mol. The first-order valence-electron chi connectivity index (χ1n) is 8.23. The molecule has 5 rings (SSSR count). The number of ether oxygens (including phenoxy) is 2. The summed E-state index contributed by atoms with van der Waals surface area (Å²) in [6.45, 7) is 2.38. The van der Waals surface area contributed by atoms with Crippen LogP contribution in [0.15, 0.2) is 34.8 Å². The molecule has 1 N–H and O–H groups in total. The van der Waals surface area contributed by atoms with E-state index in [0.29, 0.717) is 6.42 Å². The van der Waals surface area contributed by atoms with E-state index in [1.807, 2.05) is 12.1 Å². The molecule has 0 fully saturated rings. The fraction of sp³-hybridized carbons (Fsp3) is 0.316. The molecule has 0 spiro atoms. The molecule has 24 heavy (non-hydrogen) atoms. The molecule has 1 atom stereocenters. The number of nitrogens with one attached hydrogen (secondary N) is 1. The molecule has 1 aromatic carbocycles. The lowest BCUT2D eigenvalue weighted by molar-refractivity contribution is -0.116. The van der Waals surface area contributed by atoms with E-state index in [1.54, 1.807) is 11.3 Å². The topological polar surface area (TPSA) is 47.6 Å². The Morgan fingerprint density at radius 3 is 2.83 bits per heavy atom. The first-order valence-corrected chi connectivity index (χ1v) is 9.11. The van der Waals surface area contributed by atoms with Crippen LogP contribution in [0.1, 0.15) is 41.2 Å². The Balaban J connectivity index is 1.76. The van der Waals surface area contributed by atoms with Crippen molar-refractivity contribution in [3.63, 3.8) is 0 Å². The third-order valence-electron chi connectivity index (χ3n) is 5.05. The number of hydrogen-bond acceptors (Lipinski definition) is 5. The van der Waals surface area contributed by atoms with Crippen LogP contribution in [0, 0.1) is 6.92 Å². The maximum atomic E-state index is 12.7. The van der Waals surface area contributed by atoms with Gasteiger partial charge < -0.3 is 14.8 Å². The minimum absolute atomic E-state index is 0.00134. The average molecular weight is 339 g/mol. The quantitative estimate of drug-likeness (QED) is 0.839. The van der Waals surface area contributed by atoms with Gasteiger partial charge in [0.15, 0.2) is 17.3 Å². The van der Waals surface area contributed by atoms with Crippen molar-refractivity contribution in [2.75, 3.05) is 12.1 Å². The summed E-state index contributed by atoms with van der Waals surface area (Å²) in [6.07, 6.45) is 2.48. The molecular formula is C19H17NO3S. The summed E-state index contributed by atoms with van der Waals surface area (Å²) >= 11 is 1.72. The average Bonchev–Trinajstić information content (AvgIpc) is 3.19. The van der Waals surface area contributed by atoms with Gasteiger partial charge in [0.2, 0.25) is 6.79 Å². The fourth-order valence-electron chi connectivity index (χ4n) is 3.90. The number of carbonyl (C=O) groups is 1. The van der Waals surface area contributed by atoms with Crippen LogP contribution < -0.4 is 14.8 Å². The lowest BCUT2D eigenvalue weighted by atomic mass is 9.77. The number of fused-ring (bicyclic) bond motifs is 2. The predicted octanol–water partition coefficient (Wildman–Crippen LogP) is 4.35. The van der Waals surface area contributed by atoms with Gasteiger partial charge in [-0.25, -0.2) is 0 Å². The first-order chi connectivity index (χ1) is 11.7. The summed E-state index contributed by atoms with van der Waals surface area (Å²) in [4.78, 5) is 14.0. The molecule has 3 heterocycles. The van der Waals surface area contributed by atoms with Crippen molar-refractivity contribution >= 4 is 22.8 Å². The Kier molecular flexibility index (Phi) is 3.00. The van der Waals surface area contributed by atoms with Crippen LogP contribution in [-0.2, 0) is 4.79 Å². The van der Waals surface area contributed by atoms with Crippen LogP contribution in [0.25, 0.3) is 0 Å². The van der Waals surface area contributed by atoms with Gasteiger partial charge in [-0.15, -0.1) is 11.3 Å². The zero-order valence-corrected chi connectivity index (χ0v) is 14.2. The van der Waals surface area contributed by atoms with Gasteiger partial charge in [0.25, 0.3) is 0 Å². The highest BCUT2D eigenvalue weighted by molar-refractivity contribution is 7.10. The molecule has 0 unspecified atom stereocenters. The van der Waals surface area contributed by atoms with Gasteiger partial charge >= 0.3 is 0 Å². The molecule has 0 saturated heterocycles. The maximum Gasteiger partial charge on any atom is 0.231 e. The highest BCUT2D eigenvalue weighted by Gasteiger charge is 2.37. The molecule has 1 aromatic heterocycles. The van der Waals surface area contributed by atoms with Crippen LogP contribution in [0.5, 0.6) is 11.5 Å². The van der Waals surface area contributed by atoms with Gasteiger partial charge in [0, 0.05) is 34.3 Å². The van der Waals surface area contributed by atoms with E-state index >= 15 is 0 Å². The first kappa shape index (κ1) is 14.1. The third-order valence-corrected chi connectivity index (χ3v) is 6.13. The molecule has 1 aliphatic carbocycles. The van der Waals surface area contributed by atoms with Crippen molar-refractivity contribution < 1.29 is 14.3 Å². The molecule has 122 valence electrons. The molecular weight excluding hydrogens is 322 g/mol. The van der Waals surface area contributed by atoms with Crippen LogP contribution in [0.2, 0.25) is 0 Å². The SMILES string of the molecule is Cc1ccsc1[C@@H]1C2=C(CCCC2=O)Nc2cc3c(cc21)OCO3. The fourth-order valence-corrected chi connectivity index (χ4v) is 4.96. The minimum Gasteiger partial charge on any atom is -0.454 e. The number of hydrogen-bond donors (Lipinski definition) is 1. The molecule has 0 amide bonds. The highest BCUT2D eigenvalue weighted by Crippen LogP contribution is 2.50. The highest BCUT2D eigenvalue weighted by atomic mass is 32.1. The number of aryl methyl sites for hydroxylation is 1. The number of Topliss-reactive ketones (excluding diaryl/α,β-unsaturated/α-hetero) is 1. The normalized spacial score (nSPS) is 21.4. The monoisotopic (exact) mass is 339 g/mol. The van der Waals surface area contributed by atoms with E-state index in [2.05, 4.69) is 23.7 Å². The van der Waals surface area contributed by atoms with E-state index in [1.165, 1.54) is 10.4 Å². The minimum atomic E-state index is -0.00134. The second-order valence-electron chi connectivity index (χ2n) is 6.49. The number of carbonyl (C=O) groups excluding carboxylic acids is 1. The van der Waals surface area contributed by atoms with E-state index in [4.69, 9.17) is 9.47 Å². The Bertz CT molecular complexity index is 896. The van der Waals surface area contributed by atoms with Crippen molar-refractivity contribution in [1.82, 2.24) is 0 Å². The number of rotatable bonds is 1. The molecule has 2 aliphatic heterocycles. The summed E-state index contributed by atoms with van der Waals surface area (Å²) in [5.74, 6) is 1.81. The Hall–Kier alpha value is -2.27. The molecule has 3 aliphatic rings. The summed E-state index contributed by atoms with van der Waals surface area (Å²) in [5, 5.41) is 5.60. The van der Waals surface area contributed by atoms with Gasteiger partial charge in [0.1, 0.15) is 0 Å². The smallest absolute Gasteiger partial charge is 0.231 e. The van der Waals surface area contributed by atoms with Crippen LogP contribution in [0.3, 0.4) is 0 Å². The number of thiophene rings is 1. The Morgan fingerprint density at radius 2 is 2.04 bits per heavy atom. The van der Waals surface area contributed by atoms with Gasteiger partial charge in [-0.1, -0.05) is 0 Å². The van der Waals surface area contributed by atoms with Crippen molar-refractivity contribution in [2.24, 2.45) is 0 Å². The van der Waals surface area contributed by atoms with Crippen molar-refractivity contribution in [3.8, 4) is 11.5 Å². The largest absolute Gasteiger partial charge is 0.454 e. The summed E-state index contributed by atoms with van der Waals surface area (Å²) < 4.78 is 11.1. The van der Waals surface area contributed by atoms with E-state index < -0.39 is 0 Å². The molecule has 4 nitrogen and oxygen atoms in total.